The van der Waals surface area contributed by atoms with Crippen molar-refractivity contribution < 1.29 is 35.3 Å². The number of para-hydroxylation sites is 4. The Bertz CT molecular complexity index is 7460. The number of oxazole rings is 6. The van der Waals surface area contributed by atoms with E-state index < -0.39 is 11.5 Å². The summed E-state index contributed by atoms with van der Waals surface area (Å²) in [4.78, 5) is 97.1. The van der Waals surface area contributed by atoms with Crippen LogP contribution in [0, 0.1) is 55.4 Å². The van der Waals surface area contributed by atoms with Crippen molar-refractivity contribution >= 4 is 0 Å². The number of nitrogens with one attached hydrogen (secondary N) is 2. The van der Waals surface area contributed by atoms with Crippen LogP contribution in [0.2, 0.25) is 0 Å². The average molecular weight is 2010 g/mol. The average Bonchev–Trinajstić information content (AvgIpc) is 1.72. The van der Waals surface area contributed by atoms with Gasteiger partial charge in [0.1, 0.15) is 48.2 Å². The van der Waals surface area contributed by atoms with E-state index in [1.165, 1.54) is 23.1 Å². The summed E-state index contributed by atoms with van der Waals surface area (Å²) in [6, 6.07) is 116. The highest BCUT2D eigenvalue weighted by Crippen LogP contribution is 2.24. The molecule has 2 N–H and O–H groups in total. The minimum Gasteiger partial charge on any atom is -0.449 e. The molecule has 756 valence electrons. The molecule has 0 spiro atoms. The summed E-state index contributed by atoms with van der Waals surface area (Å²) in [7, 11) is 6.81. The number of imidazole rings is 2. The maximum atomic E-state index is 11.3. The van der Waals surface area contributed by atoms with E-state index in [1.54, 1.807) is 123 Å². The predicted molar refractivity (Wildman–Crippen MR) is 574 cm³/mol. The maximum Gasteiger partial charge on any atom is 0.441 e. The Hall–Kier alpha value is -20.3. The van der Waals surface area contributed by atoms with Gasteiger partial charge in [-0.05, 0) is 125 Å². The lowest BCUT2D eigenvalue weighted by Crippen LogP contribution is -2.13. The van der Waals surface area contributed by atoms with E-state index >= 15 is 0 Å². The van der Waals surface area contributed by atoms with E-state index in [4.69, 9.17) is 35.3 Å². The molecule has 0 fully saturated rings. The highest BCUT2D eigenvalue weighted by Gasteiger charge is 2.13. The minimum atomic E-state index is -0.455. The number of aryl methyl sites for hydroxylation is 12. The highest BCUT2D eigenvalue weighted by atomic mass is 16.4. The first-order chi connectivity index (χ1) is 72.8. The van der Waals surface area contributed by atoms with Crippen LogP contribution in [-0.2, 0) is 28.2 Å². The van der Waals surface area contributed by atoms with Crippen molar-refractivity contribution in [3.63, 3.8) is 0 Å². The van der Waals surface area contributed by atoms with Gasteiger partial charge in [-0.3, -0.25) is 13.8 Å². The molecule has 34 heteroatoms. The van der Waals surface area contributed by atoms with Crippen molar-refractivity contribution in [1.82, 2.24) is 97.3 Å². The van der Waals surface area contributed by atoms with Gasteiger partial charge in [0.25, 0.3) is 0 Å². The molecule has 150 heavy (non-hydrogen) atoms. The second-order valence-corrected chi connectivity index (χ2v) is 32.6. The normalized spacial score (nSPS) is 10.2. The highest BCUT2D eigenvalue weighted by molar-refractivity contribution is 5.61. The van der Waals surface area contributed by atoms with Gasteiger partial charge in [-0.25, -0.2) is 67.9 Å². The van der Waals surface area contributed by atoms with Crippen LogP contribution < -0.4 is 34.4 Å². The van der Waals surface area contributed by atoms with Crippen molar-refractivity contribution in [2.45, 2.75) is 55.4 Å². The fourth-order valence-electron chi connectivity index (χ4n) is 13.5. The van der Waals surface area contributed by atoms with Gasteiger partial charge >= 0.3 is 34.4 Å². The lowest BCUT2D eigenvalue weighted by Gasteiger charge is -1.97. The molecule has 12 aromatic carbocycles. The first kappa shape index (κ1) is 107. The van der Waals surface area contributed by atoms with Crippen LogP contribution in [0.4, 0.5) is 0 Å². The Morgan fingerprint density at radius 2 is 0.767 bits per heavy atom. The third-order valence-corrected chi connectivity index (χ3v) is 20.8. The Morgan fingerprint density at radius 3 is 1.16 bits per heavy atom. The van der Waals surface area contributed by atoms with Gasteiger partial charge in [-0.15, -0.1) is 10.2 Å². The summed E-state index contributed by atoms with van der Waals surface area (Å²) in [6.07, 6.45) is 17.1. The SMILES string of the molecule is Cc1cn(-c2ccccc2)c(=O)[nH]1.Cc1cn(-c2ccccc2)c(=O)o1.Cc1cnc(-c2ccccc2)o1.Cc1coc(-c2ccccc2)n1.Cc1nc(-c2ccccc2)co1.Cc1ncc(-c2ccccc2)o1.Cc1ncn(-c2ccccc2)n1.Cc1nn(-c2ccccc2)c(=O)o1.Cn1cc(-c2ccccc2)[nH]c1=O.Cn1cc(-c2ccccc2)oc1=O.Cn1cnc(-c2ccccc2)n1.Cn1nc(-c2ccccc2)oc1=O. The van der Waals surface area contributed by atoms with Gasteiger partial charge in [0.05, 0.1) is 58.9 Å². The van der Waals surface area contributed by atoms with Crippen LogP contribution in [0.5, 0.6) is 0 Å². The second-order valence-electron chi connectivity index (χ2n) is 32.6. The molecule has 0 radical (unpaired) electrons. The zero-order chi connectivity index (χ0) is 106. The molecule has 0 saturated heterocycles. The first-order valence-corrected chi connectivity index (χ1v) is 46.9. The van der Waals surface area contributed by atoms with E-state index in [2.05, 4.69) is 60.3 Å². The van der Waals surface area contributed by atoms with Crippen molar-refractivity contribution in [2.75, 3.05) is 0 Å². The zero-order valence-corrected chi connectivity index (χ0v) is 84.2. The Labute approximate surface area is 860 Å². The van der Waals surface area contributed by atoms with Gasteiger partial charge in [-0.1, -0.05) is 279 Å². The van der Waals surface area contributed by atoms with E-state index in [0.717, 1.165) is 108 Å². The van der Waals surface area contributed by atoms with E-state index in [9.17, 15) is 28.8 Å². The van der Waals surface area contributed by atoms with E-state index in [-0.39, 0.29) is 22.9 Å². The van der Waals surface area contributed by atoms with Crippen LogP contribution >= 0.6 is 0 Å². The molecule has 0 amide bonds. The fourth-order valence-corrected chi connectivity index (χ4v) is 13.5. The molecule has 0 saturated carbocycles. The van der Waals surface area contributed by atoms with Gasteiger partial charge < -0.3 is 49.9 Å². The number of hydrogen-bond donors (Lipinski definition) is 2. The molecular formula is C116H108N20O14. The number of aromatic amines is 2. The number of aromatic nitrogens is 20. The van der Waals surface area contributed by atoms with E-state index in [0.29, 0.717) is 52.6 Å². The topological polar surface area (TPSA) is 407 Å². The molecular weight excluding hydrogens is 1900 g/mol. The predicted octanol–water partition coefficient (Wildman–Crippen LogP) is 22.1. The smallest absolute Gasteiger partial charge is 0.441 e. The van der Waals surface area contributed by atoms with Gasteiger partial charge in [0.2, 0.25) is 23.6 Å². The molecule has 0 aliphatic carbocycles. The third-order valence-electron chi connectivity index (χ3n) is 20.8. The molecule has 0 atom stereocenters. The summed E-state index contributed by atoms with van der Waals surface area (Å²) in [5.41, 5.74) is 14.8. The molecule has 24 aromatic rings. The zero-order valence-electron chi connectivity index (χ0n) is 84.2. The van der Waals surface area contributed by atoms with Gasteiger partial charge in [0.15, 0.2) is 29.1 Å². The molecule has 0 bridgehead atoms. The van der Waals surface area contributed by atoms with E-state index in [1.807, 2.05) is 400 Å². The second kappa shape index (κ2) is 54.8. The third kappa shape index (κ3) is 32.9. The lowest BCUT2D eigenvalue weighted by molar-refractivity contribution is 0.477. The Morgan fingerprint density at radius 1 is 0.287 bits per heavy atom. The number of rotatable bonds is 12. The molecule has 34 nitrogen and oxygen atoms in total. The number of hydrogen-bond acceptors (Lipinski definition) is 24. The summed E-state index contributed by atoms with van der Waals surface area (Å²) < 4.78 is 52.5. The van der Waals surface area contributed by atoms with Crippen LogP contribution in [0.15, 0.2) is 490 Å². The number of H-pyrrole nitrogens is 2. The number of nitrogens with zero attached hydrogens (tertiary/aromatic N) is 18. The molecule has 24 rings (SSSR count). The largest absolute Gasteiger partial charge is 0.449 e. The van der Waals surface area contributed by atoms with Gasteiger partial charge in [0, 0.05) is 106 Å². The van der Waals surface area contributed by atoms with Gasteiger partial charge in [-0.2, -0.15) is 19.6 Å². The molecule has 12 aromatic heterocycles. The summed E-state index contributed by atoms with van der Waals surface area (Å²) >= 11 is 0. The van der Waals surface area contributed by atoms with Crippen LogP contribution in [0.1, 0.15) is 46.4 Å². The standard InChI is InChI=1S/2C10H10N2O.2C10H9NO2.4C10H9NO.2C9H9N3.2C9H8N2O2/c1-12-7-9(11-10(12)13)8-5-3-2-4-6-8;1-8-7-12(10(13)11-8)9-5-3-2-4-6-9;1-11-7-9(13-10(11)12)8-5-3-2-4-6-8;1-8-7-11(10(12)13-8)9-5-3-2-4-6-9;1-8-11-10(7-12-8)9-5-3-2-4-6-9;1-8-11-7-10(12-8)9-5-3-2-4-6-9;1-8-7-12-10(11-8)9-5-3-2-4-6-9;1-8-7-11-10(12-8)9-5-3-2-4-6-9;1-12-7-10-9(11-12)8-5-3-2-4-6-8;1-8-10-7-12(11-8)9-5-3-2-4-6-9;1-11-9(12)13-8(10-11)7-5-3-2-4-6-7;1-7-10-11(9(12)13-7)8-5-3-2-4-6-8/h2*2-7H,1H3,(H,11,13);2*2-7H,1H3;6*2-7H,1H3;2*2-6H,1H3. The summed E-state index contributed by atoms with van der Waals surface area (Å²) in [6.45, 7) is 14.6. The monoisotopic (exact) mass is 2000 g/mol. The Balaban J connectivity index is 0.000000136. The number of benzene rings is 12. The van der Waals surface area contributed by atoms with Crippen LogP contribution in [0.3, 0.4) is 0 Å². The summed E-state index contributed by atoms with van der Waals surface area (Å²) in [5, 5.41) is 16.2. The van der Waals surface area contributed by atoms with Crippen molar-refractivity contribution in [1.29, 1.82) is 0 Å². The minimum absolute atomic E-state index is 0.0844. The molecule has 0 aliphatic heterocycles. The Kier molecular flexibility index (Phi) is 39.1. The van der Waals surface area contributed by atoms with Crippen LogP contribution in [-0.4, -0.2) is 97.3 Å². The summed E-state index contributed by atoms with van der Waals surface area (Å²) in [5.74, 6) is 6.39. The quantitative estimate of drug-likeness (QED) is 0.115. The van der Waals surface area contributed by atoms with Crippen LogP contribution in [0.25, 0.3) is 114 Å². The lowest BCUT2D eigenvalue weighted by atomic mass is 10.2. The maximum absolute atomic E-state index is 11.3. The van der Waals surface area contributed by atoms with Crippen molar-refractivity contribution in [3.05, 3.63) is 536 Å². The van der Waals surface area contributed by atoms with Crippen molar-refractivity contribution in [3.8, 4) is 114 Å². The molecule has 0 aliphatic rings. The first-order valence-electron chi connectivity index (χ1n) is 46.9. The fraction of sp³-hybridized carbons (Fsp3) is 0.103. The van der Waals surface area contributed by atoms with Crippen molar-refractivity contribution in [2.24, 2.45) is 28.2 Å². The molecule has 0 unspecified atom stereocenters. The molecule has 12 heterocycles.